The molecule has 1 fully saturated rings. The Hall–Kier alpha value is -1.79. The van der Waals surface area contributed by atoms with Crippen LogP contribution in [0.4, 0.5) is 13.2 Å². The van der Waals surface area contributed by atoms with Crippen molar-refractivity contribution in [1.29, 1.82) is 0 Å². The number of aryl methyl sites for hydroxylation is 2. The van der Waals surface area contributed by atoms with E-state index in [1.165, 1.54) is 20.5 Å². The average molecular weight is 494 g/mol. The summed E-state index contributed by atoms with van der Waals surface area (Å²) in [7, 11) is 0. The molecule has 0 saturated heterocycles. The quantitative estimate of drug-likeness (QED) is 0.567. The van der Waals surface area contributed by atoms with Crippen molar-refractivity contribution < 1.29 is 22.7 Å². The van der Waals surface area contributed by atoms with E-state index < -0.39 is 28.3 Å². The highest BCUT2D eigenvalue weighted by molar-refractivity contribution is 8.00. The highest BCUT2D eigenvalue weighted by Crippen LogP contribution is 2.35. The fraction of sp³-hybridized carbons (Fsp3) is 0.650. The third kappa shape index (κ3) is 5.96. The fourth-order valence-electron chi connectivity index (χ4n) is 3.34. The second-order valence-corrected chi connectivity index (χ2v) is 10.9. The zero-order chi connectivity index (χ0) is 23.8. The SMILES string of the molecule is Cc1c(CNCC(=O)OC(C)(C)C)sc2c1c(=O)n(C1CC1)c(=O)n2CCSC(F)(F)F. The molecule has 32 heavy (non-hydrogen) atoms. The van der Waals surface area contributed by atoms with Crippen molar-refractivity contribution in [3.63, 3.8) is 0 Å². The maximum Gasteiger partial charge on any atom is 0.441 e. The Morgan fingerprint density at radius 2 is 1.91 bits per heavy atom. The summed E-state index contributed by atoms with van der Waals surface area (Å²) in [6.07, 6.45) is 1.40. The van der Waals surface area contributed by atoms with Crippen LogP contribution in [0.5, 0.6) is 0 Å². The number of alkyl halides is 3. The molecule has 178 valence electrons. The Morgan fingerprint density at radius 3 is 2.47 bits per heavy atom. The Kier molecular flexibility index (Phi) is 7.16. The van der Waals surface area contributed by atoms with E-state index in [2.05, 4.69) is 5.32 Å². The number of nitrogens with one attached hydrogen (secondary N) is 1. The molecule has 0 radical (unpaired) electrons. The molecule has 0 bridgehead atoms. The highest BCUT2D eigenvalue weighted by Gasteiger charge is 2.31. The molecule has 1 aliphatic rings. The van der Waals surface area contributed by atoms with E-state index in [1.807, 2.05) is 0 Å². The van der Waals surface area contributed by atoms with E-state index in [4.69, 9.17) is 4.74 Å². The predicted octanol–water partition coefficient (Wildman–Crippen LogP) is 3.55. The Balaban J connectivity index is 1.90. The van der Waals surface area contributed by atoms with Crippen molar-refractivity contribution in [1.82, 2.24) is 14.5 Å². The predicted molar refractivity (Wildman–Crippen MR) is 119 cm³/mol. The molecule has 2 heterocycles. The Labute approximate surface area is 190 Å². The number of hydrogen-bond acceptors (Lipinski definition) is 7. The number of hydrogen-bond donors (Lipinski definition) is 1. The second-order valence-electron chi connectivity index (χ2n) is 8.66. The molecule has 1 aliphatic carbocycles. The van der Waals surface area contributed by atoms with E-state index in [-0.39, 0.29) is 43.2 Å². The third-order valence-electron chi connectivity index (χ3n) is 4.81. The van der Waals surface area contributed by atoms with E-state index >= 15 is 0 Å². The maximum atomic E-state index is 13.1. The number of fused-ring (bicyclic) bond motifs is 1. The molecule has 1 N–H and O–H groups in total. The van der Waals surface area contributed by atoms with Crippen molar-refractivity contribution >= 4 is 39.3 Å². The smallest absolute Gasteiger partial charge is 0.441 e. The van der Waals surface area contributed by atoms with Crippen LogP contribution in [0.2, 0.25) is 0 Å². The first-order valence-corrected chi connectivity index (χ1v) is 12.0. The summed E-state index contributed by atoms with van der Waals surface area (Å²) >= 11 is 0.993. The maximum absolute atomic E-state index is 13.1. The zero-order valence-electron chi connectivity index (χ0n) is 18.3. The normalized spacial score (nSPS) is 14.8. The molecule has 7 nitrogen and oxygen atoms in total. The minimum Gasteiger partial charge on any atom is -0.459 e. The first-order chi connectivity index (χ1) is 14.8. The fourth-order valence-corrected chi connectivity index (χ4v) is 5.13. The van der Waals surface area contributed by atoms with E-state index in [9.17, 15) is 27.6 Å². The van der Waals surface area contributed by atoms with Gasteiger partial charge in [-0.2, -0.15) is 13.2 Å². The number of aromatic nitrogens is 2. The number of nitrogens with zero attached hydrogens (tertiary/aromatic N) is 2. The van der Waals surface area contributed by atoms with Crippen LogP contribution in [0, 0.1) is 6.92 Å². The summed E-state index contributed by atoms with van der Waals surface area (Å²) in [6.45, 7) is 7.12. The van der Waals surface area contributed by atoms with Crippen LogP contribution in [0.1, 0.15) is 50.1 Å². The molecule has 0 aromatic carbocycles. The van der Waals surface area contributed by atoms with Gasteiger partial charge in [-0.3, -0.25) is 18.7 Å². The molecule has 12 heteroatoms. The topological polar surface area (TPSA) is 82.3 Å². The van der Waals surface area contributed by atoms with Gasteiger partial charge in [-0.1, -0.05) is 0 Å². The van der Waals surface area contributed by atoms with Crippen LogP contribution in [0.15, 0.2) is 9.59 Å². The number of halogens is 3. The van der Waals surface area contributed by atoms with Gasteiger partial charge in [0.25, 0.3) is 5.56 Å². The summed E-state index contributed by atoms with van der Waals surface area (Å²) in [5.41, 5.74) is -5.31. The Bertz CT molecular complexity index is 1120. The van der Waals surface area contributed by atoms with Gasteiger partial charge in [0.2, 0.25) is 0 Å². The number of thiophene rings is 1. The largest absolute Gasteiger partial charge is 0.459 e. The third-order valence-corrected chi connectivity index (χ3v) is 6.84. The van der Waals surface area contributed by atoms with Crippen LogP contribution >= 0.6 is 23.1 Å². The van der Waals surface area contributed by atoms with Crippen molar-refractivity contribution in [2.24, 2.45) is 0 Å². The van der Waals surface area contributed by atoms with Gasteiger partial charge in [0.05, 0.1) is 11.9 Å². The number of esters is 1. The molecule has 0 spiro atoms. The molecule has 1 saturated carbocycles. The van der Waals surface area contributed by atoms with Crippen molar-refractivity contribution in [3.05, 3.63) is 31.3 Å². The zero-order valence-corrected chi connectivity index (χ0v) is 19.9. The first-order valence-electron chi connectivity index (χ1n) is 10.2. The molecular formula is C20H26F3N3O4S2. The van der Waals surface area contributed by atoms with Crippen LogP contribution in [0.25, 0.3) is 10.2 Å². The standard InChI is InChI=1S/C20H26F3N3O4S2/c1-11-13(9-24-10-14(27)30-19(2,3)4)32-17-15(11)16(28)26(12-5-6-12)18(29)25(17)7-8-31-20(21,22)23/h12,24H,5-10H2,1-4H3. The highest BCUT2D eigenvalue weighted by atomic mass is 32.2. The molecule has 0 aliphatic heterocycles. The van der Waals surface area contributed by atoms with Gasteiger partial charge < -0.3 is 10.1 Å². The van der Waals surface area contributed by atoms with Crippen LogP contribution in [0.3, 0.4) is 0 Å². The lowest BCUT2D eigenvalue weighted by Crippen LogP contribution is -2.39. The van der Waals surface area contributed by atoms with Crippen LogP contribution < -0.4 is 16.6 Å². The number of rotatable bonds is 8. The first kappa shape index (κ1) is 24.8. The number of carbonyl (C=O) groups excluding carboxylic acids is 1. The van der Waals surface area contributed by atoms with Gasteiger partial charge in [0.15, 0.2) is 0 Å². The minimum atomic E-state index is -4.39. The molecule has 0 atom stereocenters. The van der Waals surface area contributed by atoms with Crippen LogP contribution in [-0.2, 0) is 22.6 Å². The number of ether oxygens (including phenoxy) is 1. The summed E-state index contributed by atoms with van der Waals surface area (Å²) < 4.78 is 45.5. The lowest BCUT2D eigenvalue weighted by molar-refractivity contribution is -0.153. The summed E-state index contributed by atoms with van der Waals surface area (Å²) in [6, 6.07) is -0.200. The van der Waals surface area contributed by atoms with Gasteiger partial charge in [-0.15, -0.1) is 11.3 Å². The van der Waals surface area contributed by atoms with Gasteiger partial charge in [0, 0.05) is 29.8 Å². The number of carbonyl (C=O) groups is 1. The summed E-state index contributed by atoms with van der Waals surface area (Å²) in [5, 5.41) is 3.33. The van der Waals surface area contributed by atoms with E-state index in [0.29, 0.717) is 28.6 Å². The van der Waals surface area contributed by atoms with E-state index in [1.54, 1.807) is 27.7 Å². The lowest BCUT2D eigenvalue weighted by Gasteiger charge is -2.19. The number of thioether (sulfide) groups is 1. The average Bonchev–Trinajstić information content (AvgIpc) is 3.40. The van der Waals surface area contributed by atoms with E-state index in [0.717, 1.165) is 4.88 Å². The van der Waals surface area contributed by atoms with Gasteiger partial charge in [-0.05, 0) is 57.9 Å². The lowest BCUT2D eigenvalue weighted by atomic mass is 10.2. The minimum absolute atomic E-state index is 0.0354. The van der Waals surface area contributed by atoms with Crippen molar-refractivity contribution in [2.75, 3.05) is 12.3 Å². The van der Waals surface area contributed by atoms with Gasteiger partial charge >= 0.3 is 17.2 Å². The molecule has 2 aromatic rings. The second kappa shape index (κ2) is 9.22. The molecule has 2 aromatic heterocycles. The molecule has 0 unspecified atom stereocenters. The summed E-state index contributed by atoms with van der Waals surface area (Å²) in [5.74, 6) is -0.752. The van der Waals surface area contributed by atoms with Gasteiger partial charge in [0.1, 0.15) is 10.4 Å². The Morgan fingerprint density at radius 1 is 1.25 bits per heavy atom. The molecule has 0 amide bonds. The monoisotopic (exact) mass is 493 g/mol. The van der Waals surface area contributed by atoms with Gasteiger partial charge in [-0.25, -0.2) is 4.79 Å². The molecule has 3 rings (SSSR count). The van der Waals surface area contributed by atoms with Crippen LogP contribution in [-0.4, -0.2) is 38.5 Å². The molecular weight excluding hydrogens is 467 g/mol. The van der Waals surface area contributed by atoms with Crippen molar-refractivity contribution in [3.8, 4) is 0 Å². The van der Waals surface area contributed by atoms with Crippen molar-refractivity contribution in [2.45, 2.75) is 70.8 Å². The summed E-state index contributed by atoms with van der Waals surface area (Å²) in [4.78, 5) is 39.0.